The Morgan fingerprint density at radius 2 is 1.33 bits per heavy atom. The maximum Gasteiger partial charge on any atom is 0.253 e. The number of carbonyl (C=O) groups excluding carboxylic acids is 1. The van der Waals surface area contributed by atoms with Crippen LogP contribution in [0.25, 0.3) is 10.8 Å². The molecule has 0 spiro atoms. The molecule has 0 atom stereocenters. The summed E-state index contributed by atoms with van der Waals surface area (Å²) in [7, 11) is 0. The van der Waals surface area contributed by atoms with E-state index in [0.717, 1.165) is 40.9 Å². The standard InChI is InChI=1S/C37H36N2O3/c1-2-41-34-21-20-31(26-32(34)27-42-35-19-11-17-28-12-9-10-18-33(28)35)37(40)39-24-22-38(23-25-39)36(29-13-5-3-6-14-29)30-15-7-4-8-16-30/h3-21,26,36H,2,22-25,27H2,1H3. The van der Waals surface area contributed by atoms with Crippen LogP contribution in [0.1, 0.15) is 40.0 Å². The summed E-state index contributed by atoms with van der Waals surface area (Å²) in [4.78, 5) is 18.2. The maximum absolute atomic E-state index is 13.7. The zero-order valence-corrected chi connectivity index (χ0v) is 24.0. The minimum atomic E-state index is 0.0417. The molecule has 42 heavy (non-hydrogen) atoms. The van der Waals surface area contributed by atoms with Crippen LogP contribution in [0.15, 0.2) is 121 Å². The van der Waals surface area contributed by atoms with Crippen molar-refractivity contribution in [1.82, 2.24) is 9.80 Å². The second-order valence-corrected chi connectivity index (χ2v) is 10.6. The zero-order chi connectivity index (χ0) is 28.7. The first-order valence-corrected chi connectivity index (χ1v) is 14.7. The molecule has 1 fully saturated rings. The summed E-state index contributed by atoms with van der Waals surface area (Å²) in [6, 6.07) is 41.4. The molecule has 0 N–H and O–H groups in total. The molecular weight excluding hydrogens is 520 g/mol. The SMILES string of the molecule is CCOc1ccc(C(=O)N2CCN(C(c3ccccc3)c3ccccc3)CC2)cc1COc1cccc2ccccc12. The van der Waals surface area contributed by atoms with Gasteiger partial charge in [-0.3, -0.25) is 9.69 Å². The highest BCUT2D eigenvalue weighted by Crippen LogP contribution is 2.31. The van der Waals surface area contributed by atoms with E-state index in [1.807, 2.05) is 54.3 Å². The molecular formula is C37H36N2O3. The number of carbonyl (C=O) groups is 1. The van der Waals surface area contributed by atoms with E-state index in [4.69, 9.17) is 9.47 Å². The Morgan fingerprint density at radius 1 is 0.690 bits per heavy atom. The minimum absolute atomic E-state index is 0.0417. The van der Waals surface area contributed by atoms with E-state index in [1.165, 1.54) is 11.1 Å². The molecule has 212 valence electrons. The van der Waals surface area contributed by atoms with E-state index in [0.29, 0.717) is 31.9 Å². The van der Waals surface area contributed by atoms with Gasteiger partial charge in [-0.25, -0.2) is 0 Å². The largest absolute Gasteiger partial charge is 0.493 e. The van der Waals surface area contributed by atoms with Gasteiger partial charge in [0.15, 0.2) is 0 Å². The van der Waals surface area contributed by atoms with E-state index < -0.39 is 0 Å². The molecule has 1 aliphatic rings. The number of benzene rings is 5. The highest BCUT2D eigenvalue weighted by Gasteiger charge is 2.29. The number of amides is 1. The summed E-state index contributed by atoms with van der Waals surface area (Å²) in [5.41, 5.74) is 4.06. The van der Waals surface area contributed by atoms with Gasteiger partial charge in [-0.05, 0) is 47.7 Å². The molecule has 0 unspecified atom stereocenters. The summed E-state index contributed by atoms with van der Waals surface area (Å²) in [6.45, 7) is 5.76. The number of hydrogen-bond donors (Lipinski definition) is 0. The fourth-order valence-corrected chi connectivity index (χ4v) is 5.85. The molecule has 0 bridgehead atoms. The Bertz CT molecular complexity index is 1580. The molecule has 1 heterocycles. The van der Waals surface area contributed by atoms with E-state index >= 15 is 0 Å². The van der Waals surface area contributed by atoms with Gasteiger partial charge in [0.2, 0.25) is 0 Å². The fourth-order valence-electron chi connectivity index (χ4n) is 5.85. The normalized spacial score (nSPS) is 13.8. The van der Waals surface area contributed by atoms with Crippen LogP contribution in [0.2, 0.25) is 0 Å². The van der Waals surface area contributed by atoms with Crippen LogP contribution in [0.5, 0.6) is 11.5 Å². The Labute approximate surface area is 247 Å². The van der Waals surface area contributed by atoms with Gasteiger partial charge in [0.25, 0.3) is 5.91 Å². The van der Waals surface area contributed by atoms with E-state index in [9.17, 15) is 4.79 Å². The summed E-state index contributed by atoms with van der Waals surface area (Å²) in [5.74, 6) is 1.60. The minimum Gasteiger partial charge on any atom is -0.493 e. The number of rotatable bonds is 9. The van der Waals surface area contributed by atoms with Crippen molar-refractivity contribution in [3.8, 4) is 11.5 Å². The molecule has 1 aliphatic heterocycles. The Morgan fingerprint density at radius 3 is 2.02 bits per heavy atom. The molecule has 0 aromatic heterocycles. The van der Waals surface area contributed by atoms with Gasteiger partial charge in [-0.1, -0.05) is 97.1 Å². The first-order chi connectivity index (χ1) is 20.7. The molecule has 5 aromatic rings. The third-order valence-electron chi connectivity index (χ3n) is 7.94. The van der Waals surface area contributed by atoms with Crippen molar-refractivity contribution in [2.24, 2.45) is 0 Å². The van der Waals surface area contributed by atoms with Crippen molar-refractivity contribution in [1.29, 1.82) is 0 Å². The van der Waals surface area contributed by atoms with Crippen LogP contribution < -0.4 is 9.47 Å². The molecule has 1 saturated heterocycles. The second-order valence-electron chi connectivity index (χ2n) is 10.6. The summed E-state index contributed by atoms with van der Waals surface area (Å²) in [6.07, 6.45) is 0. The Hall–Kier alpha value is -4.61. The lowest BCUT2D eigenvalue weighted by Crippen LogP contribution is -2.49. The van der Waals surface area contributed by atoms with E-state index in [1.54, 1.807) is 0 Å². The molecule has 0 radical (unpaired) electrons. The third kappa shape index (κ3) is 6.02. The van der Waals surface area contributed by atoms with Gasteiger partial charge in [0, 0.05) is 42.7 Å². The van der Waals surface area contributed by atoms with Crippen LogP contribution in [0.4, 0.5) is 0 Å². The molecule has 1 amide bonds. The second kappa shape index (κ2) is 12.9. The maximum atomic E-state index is 13.7. The van der Waals surface area contributed by atoms with Crippen LogP contribution in [0, 0.1) is 0 Å². The highest BCUT2D eigenvalue weighted by molar-refractivity contribution is 5.94. The topological polar surface area (TPSA) is 42.0 Å². The smallest absolute Gasteiger partial charge is 0.253 e. The average molecular weight is 557 g/mol. The predicted octanol–water partition coefficient (Wildman–Crippen LogP) is 7.36. The molecule has 0 saturated carbocycles. The number of piperazine rings is 1. The summed E-state index contributed by atoms with van der Waals surface area (Å²) < 4.78 is 12.2. The van der Waals surface area contributed by atoms with Gasteiger partial charge in [0.1, 0.15) is 18.1 Å². The lowest BCUT2D eigenvalue weighted by molar-refractivity contribution is 0.0597. The zero-order valence-electron chi connectivity index (χ0n) is 24.0. The molecule has 0 aliphatic carbocycles. The Balaban J connectivity index is 1.17. The molecule has 5 nitrogen and oxygen atoms in total. The lowest BCUT2D eigenvalue weighted by atomic mass is 9.96. The number of fused-ring (bicyclic) bond motifs is 1. The number of hydrogen-bond acceptors (Lipinski definition) is 4. The van der Waals surface area contributed by atoms with E-state index in [2.05, 4.69) is 83.8 Å². The molecule has 5 aromatic carbocycles. The summed E-state index contributed by atoms with van der Waals surface area (Å²) in [5, 5.41) is 2.19. The quantitative estimate of drug-likeness (QED) is 0.190. The van der Waals surface area contributed by atoms with Gasteiger partial charge >= 0.3 is 0 Å². The van der Waals surface area contributed by atoms with Crippen molar-refractivity contribution in [3.63, 3.8) is 0 Å². The van der Waals surface area contributed by atoms with Crippen LogP contribution in [-0.2, 0) is 6.61 Å². The molecule has 5 heteroatoms. The first-order valence-electron chi connectivity index (χ1n) is 14.7. The lowest BCUT2D eigenvalue weighted by Gasteiger charge is -2.40. The van der Waals surface area contributed by atoms with Crippen molar-refractivity contribution >= 4 is 16.7 Å². The van der Waals surface area contributed by atoms with Crippen molar-refractivity contribution in [2.75, 3.05) is 32.8 Å². The van der Waals surface area contributed by atoms with Gasteiger partial charge < -0.3 is 14.4 Å². The highest BCUT2D eigenvalue weighted by atomic mass is 16.5. The molecule has 6 rings (SSSR count). The number of nitrogens with zero attached hydrogens (tertiary/aromatic N) is 2. The average Bonchev–Trinajstić information content (AvgIpc) is 3.05. The van der Waals surface area contributed by atoms with Crippen molar-refractivity contribution < 1.29 is 14.3 Å². The van der Waals surface area contributed by atoms with E-state index in [-0.39, 0.29) is 11.9 Å². The monoisotopic (exact) mass is 556 g/mol. The third-order valence-corrected chi connectivity index (χ3v) is 7.94. The number of ether oxygens (including phenoxy) is 2. The van der Waals surface area contributed by atoms with Gasteiger partial charge in [0.05, 0.1) is 12.6 Å². The Kier molecular flexibility index (Phi) is 8.48. The van der Waals surface area contributed by atoms with Crippen LogP contribution >= 0.6 is 0 Å². The predicted molar refractivity (Wildman–Crippen MR) is 168 cm³/mol. The van der Waals surface area contributed by atoms with Crippen LogP contribution in [-0.4, -0.2) is 48.5 Å². The van der Waals surface area contributed by atoms with Crippen LogP contribution in [0.3, 0.4) is 0 Å². The van der Waals surface area contributed by atoms with Crippen molar-refractivity contribution in [2.45, 2.75) is 19.6 Å². The van der Waals surface area contributed by atoms with Crippen molar-refractivity contribution in [3.05, 3.63) is 144 Å². The fraction of sp³-hybridized carbons (Fsp3) is 0.216. The van der Waals surface area contributed by atoms with Gasteiger partial charge in [-0.2, -0.15) is 0 Å². The first kappa shape index (κ1) is 27.6. The van der Waals surface area contributed by atoms with Gasteiger partial charge in [-0.15, -0.1) is 0 Å². The summed E-state index contributed by atoms with van der Waals surface area (Å²) >= 11 is 0.